The molecule has 5 nitrogen and oxygen atoms in total. The van der Waals surface area contributed by atoms with Crippen molar-refractivity contribution in [3.8, 4) is 0 Å². The second-order valence-electron chi connectivity index (χ2n) is 4.65. The van der Waals surface area contributed by atoms with E-state index in [2.05, 4.69) is 9.71 Å². The molecule has 1 unspecified atom stereocenters. The van der Waals surface area contributed by atoms with Gasteiger partial charge in [0.1, 0.15) is 10.0 Å². The first-order valence-electron chi connectivity index (χ1n) is 6.32. The molecule has 0 aliphatic heterocycles. The number of pyridine rings is 1. The highest BCUT2D eigenvalue weighted by Gasteiger charge is 2.17. The number of rotatable bonds is 5. The van der Waals surface area contributed by atoms with Crippen LogP contribution in [-0.2, 0) is 10.0 Å². The van der Waals surface area contributed by atoms with E-state index < -0.39 is 16.1 Å². The Kier molecular flexibility index (Phi) is 6.77. The van der Waals surface area contributed by atoms with Crippen LogP contribution >= 0.6 is 24.0 Å². The van der Waals surface area contributed by atoms with Gasteiger partial charge in [0, 0.05) is 18.8 Å². The van der Waals surface area contributed by atoms with Crippen molar-refractivity contribution < 1.29 is 8.42 Å². The second kappa shape index (κ2) is 7.89. The number of benzene rings is 1. The minimum absolute atomic E-state index is 0. The molecule has 3 N–H and O–H groups in total. The topological polar surface area (TPSA) is 85.1 Å². The highest BCUT2D eigenvalue weighted by Crippen LogP contribution is 2.17. The van der Waals surface area contributed by atoms with Crippen molar-refractivity contribution >= 4 is 34.0 Å². The maximum Gasteiger partial charge on any atom is 0.242 e. The Bertz CT molecular complexity index is 724. The smallest absolute Gasteiger partial charge is 0.242 e. The monoisotopic (exact) mass is 361 g/mol. The van der Waals surface area contributed by atoms with Crippen LogP contribution < -0.4 is 10.5 Å². The van der Waals surface area contributed by atoms with Crippen molar-refractivity contribution in [3.63, 3.8) is 0 Å². The fourth-order valence-corrected chi connectivity index (χ4v) is 2.97. The van der Waals surface area contributed by atoms with Crippen LogP contribution in [0.25, 0.3) is 0 Å². The van der Waals surface area contributed by atoms with E-state index in [4.69, 9.17) is 17.3 Å². The van der Waals surface area contributed by atoms with Crippen LogP contribution in [0.2, 0.25) is 5.15 Å². The average Bonchev–Trinajstić information content (AvgIpc) is 2.48. The molecule has 0 fully saturated rings. The van der Waals surface area contributed by atoms with Crippen molar-refractivity contribution in [1.29, 1.82) is 0 Å². The summed E-state index contributed by atoms with van der Waals surface area (Å²) in [4.78, 5) is 3.92. The van der Waals surface area contributed by atoms with Gasteiger partial charge in [-0.3, -0.25) is 0 Å². The van der Waals surface area contributed by atoms with Crippen molar-refractivity contribution in [2.75, 3.05) is 6.54 Å². The third kappa shape index (κ3) is 4.66. The Labute approximate surface area is 141 Å². The Balaban J connectivity index is 0.00000242. The van der Waals surface area contributed by atoms with Gasteiger partial charge in [-0.05, 0) is 24.1 Å². The fourth-order valence-electron chi connectivity index (χ4n) is 1.78. The number of sulfonamides is 1. The zero-order chi connectivity index (χ0) is 15.5. The van der Waals surface area contributed by atoms with Crippen molar-refractivity contribution in [1.82, 2.24) is 9.71 Å². The normalized spacial score (nSPS) is 12.5. The average molecular weight is 362 g/mol. The molecule has 8 heteroatoms. The van der Waals surface area contributed by atoms with Gasteiger partial charge in [0.05, 0.1) is 0 Å². The van der Waals surface area contributed by atoms with E-state index in [1.54, 1.807) is 6.92 Å². The minimum Gasteiger partial charge on any atom is -0.323 e. The van der Waals surface area contributed by atoms with Gasteiger partial charge in [-0.25, -0.2) is 18.1 Å². The van der Waals surface area contributed by atoms with E-state index in [0.29, 0.717) is 5.56 Å². The highest BCUT2D eigenvalue weighted by molar-refractivity contribution is 7.89. The van der Waals surface area contributed by atoms with Crippen LogP contribution in [0.1, 0.15) is 17.2 Å². The molecule has 0 amide bonds. The largest absolute Gasteiger partial charge is 0.323 e. The molecule has 22 heavy (non-hydrogen) atoms. The molecular weight excluding hydrogens is 345 g/mol. The summed E-state index contributed by atoms with van der Waals surface area (Å²) in [6.07, 6.45) is 1.23. The zero-order valence-corrected chi connectivity index (χ0v) is 14.3. The summed E-state index contributed by atoms with van der Waals surface area (Å²) in [7, 11) is -3.65. The number of nitrogens with one attached hydrogen (secondary N) is 1. The van der Waals surface area contributed by atoms with Crippen molar-refractivity contribution in [2.24, 2.45) is 5.73 Å². The first-order valence-corrected chi connectivity index (χ1v) is 8.18. The molecule has 120 valence electrons. The highest BCUT2D eigenvalue weighted by atomic mass is 35.5. The predicted octanol–water partition coefficient (Wildman–Crippen LogP) is 2.44. The third-order valence-electron chi connectivity index (χ3n) is 3.02. The second-order valence-corrected chi connectivity index (χ2v) is 6.77. The summed E-state index contributed by atoms with van der Waals surface area (Å²) in [5, 5.41) is 0.287. The van der Waals surface area contributed by atoms with Gasteiger partial charge >= 0.3 is 0 Å². The SMILES string of the molecule is Cc1cc(S(=O)(=O)NCC(N)c2ccccc2)cnc1Cl.Cl. The van der Waals surface area contributed by atoms with E-state index in [9.17, 15) is 8.42 Å². The van der Waals surface area contributed by atoms with Crippen LogP contribution in [0.5, 0.6) is 0 Å². The maximum absolute atomic E-state index is 12.2. The number of nitrogens with zero attached hydrogens (tertiary/aromatic N) is 1. The van der Waals surface area contributed by atoms with Crippen LogP contribution in [0.4, 0.5) is 0 Å². The Morgan fingerprint density at radius 3 is 2.55 bits per heavy atom. The summed E-state index contributed by atoms with van der Waals surface area (Å²) < 4.78 is 26.8. The molecule has 0 bridgehead atoms. The lowest BCUT2D eigenvalue weighted by molar-refractivity contribution is 0.572. The molecule has 0 saturated carbocycles. The van der Waals surface area contributed by atoms with Gasteiger partial charge < -0.3 is 5.73 Å². The predicted molar refractivity (Wildman–Crippen MR) is 89.8 cm³/mol. The molecular formula is C14H17Cl2N3O2S. The molecule has 0 spiro atoms. The van der Waals surface area contributed by atoms with Crippen molar-refractivity contribution in [2.45, 2.75) is 17.9 Å². The molecule has 1 aromatic heterocycles. The van der Waals surface area contributed by atoms with Gasteiger partial charge in [-0.2, -0.15) is 0 Å². The molecule has 0 saturated heterocycles. The number of aromatic nitrogens is 1. The van der Waals surface area contributed by atoms with E-state index >= 15 is 0 Å². The molecule has 1 heterocycles. The van der Waals surface area contributed by atoms with E-state index in [-0.39, 0.29) is 29.0 Å². The standard InChI is InChI=1S/C14H16ClN3O2S.ClH/c1-10-7-12(8-17-14(10)15)21(19,20)18-9-13(16)11-5-3-2-4-6-11;/h2-8,13,18H,9,16H2,1H3;1H. The van der Waals surface area contributed by atoms with Crippen LogP contribution in [-0.4, -0.2) is 19.9 Å². The molecule has 2 rings (SSSR count). The summed E-state index contributed by atoms with van der Waals surface area (Å²) in [6.45, 7) is 1.80. The first kappa shape index (κ1) is 18.9. The summed E-state index contributed by atoms with van der Waals surface area (Å²) in [5.74, 6) is 0. The van der Waals surface area contributed by atoms with Crippen LogP contribution in [0.15, 0.2) is 47.5 Å². The summed E-state index contributed by atoms with van der Waals surface area (Å²) in [6, 6.07) is 10.4. The first-order chi connectivity index (χ1) is 9.90. The van der Waals surface area contributed by atoms with Crippen molar-refractivity contribution in [3.05, 3.63) is 58.9 Å². The van der Waals surface area contributed by atoms with Gasteiger partial charge in [0.15, 0.2) is 0 Å². The Morgan fingerprint density at radius 2 is 1.95 bits per heavy atom. The number of aryl methyl sites for hydroxylation is 1. The fraction of sp³-hybridized carbons (Fsp3) is 0.214. The maximum atomic E-state index is 12.2. The Hall–Kier alpha value is -1.18. The van der Waals surface area contributed by atoms with Gasteiger partial charge in [-0.15, -0.1) is 12.4 Å². The van der Waals surface area contributed by atoms with E-state index in [1.165, 1.54) is 12.3 Å². The number of halogens is 2. The Morgan fingerprint density at radius 1 is 1.32 bits per heavy atom. The molecule has 1 aromatic carbocycles. The van der Waals surface area contributed by atoms with Gasteiger partial charge in [0.25, 0.3) is 0 Å². The number of hydrogen-bond acceptors (Lipinski definition) is 4. The number of hydrogen-bond donors (Lipinski definition) is 2. The number of nitrogens with two attached hydrogens (primary N) is 1. The molecule has 0 radical (unpaired) electrons. The molecule has 2 aromatic rings. The van der Waals surface area contributed by atoms with Gasteiger partial charge in [0.2, 0.25) is 10.0 Å². The van der Waals surface area contributed by atoms with Crippen LogP contribution in [0.3, 0.4) is 0 Å². The minimum atomic E-state index is -3.65. The molecule has 1 atom stereocenters. The lowest BCUT2D eigenvalue weighted by Crippen LogP contribution is -2.32. The summed E-state index contributed by atoms with van der Waals surface area (Å²) >= 11 is 5.79. The van der Waals surface area contributed by atoms with Crippen LogP contribution in [0, 0.1) is 6.92 Å². The van der Waals surface area contributed by atoms with E-state index in [0.717, 1.165) is 5.56 Å². The lowest BCUT2D eigenvalue weighted by atomic mass is 10.1. The lowest BCUT2D eigenvalue weighted by Gasteiger charge is -2.13. The zero-order valence-electron chi connectivity index (χ0n) is 11.9. The third-order valence-corrected chi connectivity index (χ3v) is 4.81. The molecule has 0 aliphatic rings. The van der Waals surface area contributed by atoms with E-state index in [1.807, 2.05) is 30.3 Å². The molecule has 0 aliphatic carbocycles. The van der Waals surface area contributed by atoms with Gasteiger partial charge in [-0.1, -0.05) is 41.9 Å². The quantitative estimate of drug-likeness (QED) is 0.800. The summed E-state index contributed by atoms with van der Waals surface area (Å²) in [5.41, 5.74) is 7.44.